The molecule has 8 nitrogen and oxygen atoms in total. The molecule has 0 bridgehead atoms. The van der Waals surface area contributed by atoms with E-state index in [-0.39, 0.29) is 6.61 Å². The minimum atomic E-state index is -0.494. The van der Waals surface area contributed by atoms with Crippen molar-refractivity contribution in [3.05, 3.63) is 96.2 Å². The highest BCUT2D eigenvalue weighted by Crippen LogP contribution is 2.19. The molecule has 0 radical (unpaired) electrons. The molecule has 2 heterocycles. The molecule has 0 aliphatic carbocycles. The van der Waals surface area contributed by atoms with Gasteiger partial charge in [-0.05, 0) is 42.5 Å². The fourth-order valence-corrected chi connectivity index (χ4v) is 3.17. The van der Waals surface area contributed by atoms with Crippen LogP contribution in [0.5, 0.6) is 0 Å². The van der Waals surface area contributed by atoms with E-state index in [0.717, 1.165) is 16.8 Å². The molecule has 2 aromatic carbocycles. The number of thiocarbonyl (C=S) groups is 1. The van der Waals surface area contributed by atoms with Crippen LogP contribution in [0, 0.1) is 0 Å². The van der Waals surface area contributed by atoms with Gasteiger partial charge in [-0.3, -0.25) is 0 Å². The van der Waals surface area contributed by atoms with Crippen molar-refractivity contribution in [2.45, 2.75) is 6.61 Å². The second-order valence-electron chi connectivity index (χ2n) is 6.95. The Labute approximate surface area is 195 Å². The molecule has 0 unspecified atom stereocenters. The largest absolute Gasteiger partial charge is 0.457 e. The lowest BCUT2D eigenvalue weighted by Gasteiger charge is -2.14. The van der Waals surface area contributed by atoms with Crippen LogP contribution in [0.25, 0.3) is 11.3 Å². The first-order valence-corrected chi connectivity index (χ1v) is 10.4. The van der Waals surface area contributed by atoms with E-state index >= 15 is 0 Å². The Morgan fingerprint density at radius 3 is 2.42 bits per heavy atom. The van der Waals surface area contributed by atoms with Gasteiger partial charge >= 0.3 is 5.97 Å². The van der Waals surface area contributed by atoms with Gasteiger partial charge in [0.2, 0.25) is 0 Å². The van der Waals surface area contributed by atoms with E-state index in [1.807, 2.05) is 60.7 Å². The summed E-state index contributed by atoms with van der Waals surface area (Å²) in [7, 11) is 0. The van der Waals surface area contributed by atoms with Gasteiger partial charge in [0.05, 0.1) is 11.3 Å². The zero-order valence-electron chi connectivity index (χ0n) is 17.4. The molecule has 4 N–H and O–H groups in total. The van der Waals surface area contributed by atoms with Crippen LogP contribution in [-0.4, -0.2) is 26.3 Å². The summed E-state index contributed by atoms with van der Waals surface area (Å²) in [4.78, 5) is 16.2. The number of rotatable bonds is 6. The maximum Gasteiger partial charge on any atom is 0.340 e. The number of benzene rings is 2. The number of nitrogens with one attached hydrogen (secondary N) is 2. The lowest BCUT2D eigenvalue weighted by Crippen LogP contribution is -2.21. The average molecular weight is 457 g/mol. The van der Waals surface area contributed by atoms with Gasteiger partial charge in [-0.25, -0.2) is 9.78 Å². The van der Waals surface area contributed by atoms with Gasteiger partial charge in [-0.1, -0.05) is 48.5 Å². The van der Waals surface area contributed by atoms with Crippen LogP contribution in [0.1, 0.15) is 15.9 Å². The van der Waals surface area contributed by atoms with Crippen molar-refractivity contribution < 1.29 is 9.53 Å². The summed E-state index contributed by atoms with van der Waals surface area (Å²) in [6.45, 7) is 0.0561. The smallest absolute Gasteiger partial charge is 0.340 e. The van der Waals surface area contributed by atoms with Gasteiger partial charge < -0.3 is 21.1 Å². The molecule has 0 fully saturated rings. The number of hydrogen-bond acceptors (Lipinski definition) is 7. The van der Waals surface area contributed by atoms with Crippen molar-refractivity contribution in [1.29, 1.82) is 0 Å². The number of esters is 1. The Kier molecular flexibility index (Phi) is 6.81. The van der Waals surface area contributed by atoms with Crippen LogP contribution < -0.4 is 16.4 Å². The standard InChI is InChI=1S/C24H20N6O2S/c25-21-12-10-17(14-26-21)23(31)32-15-18-8-4-5-9-19(18)27-24(33)28-22-13-11-20(29-30-22)16-6-2-1-3-7-16/h1-14H,15H2,(H2,25,26)(H2,27,28,30,33). The Balaban J connectivity index is 1.36. The second kappa shape index (κ2) is 10.3. The summed E-state index contributed by atoms with van der Waals surface area (Å²) in [5.41, 5.74) is 9.08. The highest BCUT2D eigenvalue weighted by atomic mass is 32.1. The van der Waals surface area contributed by atoms with Crippen LogP contribution in [0.2, 0.25) is 0 Å². The highest BCUT2D eigenvalue weighted by molar-refractivity contribution is 7.80. The SMILES string of the molecule is Nc1ccc(C(=O)OCc2ccccc2NC(=S)Nc2ccc(-c3ccccc3)nn2)cn1. The predicted molar refractivity (Wildman–Crippen MR) is 132 cm³/mol. The molecule has 0 aliphatic rings. The van der Waals surface area contributed by atoms with Gasteiger partial charge in [-0.15, -0.1) is 10.2 Å². The molecule has 4 rings (SSSR count). The van der Waals surface area contributed by atoms with Crippen LogP contribution in [-0.2, 0) is 11.3 Å². The number of ether oxygens (including phenoxy) is 1. The fourth-order valence-electron chi connectivity index (χ4n) is 2.95. The summed E-state index contributed by atoms with van der Waals surface area (Å²) < 4.78 is 5.40. The van der Waals surface area contributed by atoms with E-state index in [1.54, 1.807) is 18.2 Å². The van der Waals surface area contributed by atoms with Crippen molar-refractivity contribution in [3.8, 4) is 11.3 Å². The first kappa shape index (κ1) is 21.8. The summed E-state index contributed by atoms with van der Waals surface area (Å²) in [6, 6.07) is 24.0. The normalized spacial score (nSPS) is 10.3. The number of aromatic nitrogens is 3. The fraction of sp³-hybridized carbons (Fsp3) is 0.0417. The van der Waals surface area contributed by atoms with Crippen LogP contribution in [0.3, 0.4) is 0 Å². The third-order valence-electron chi connectivity index (χ3n) is 4.62. The lowest BCUT2D eigenvalue weighted by molar-refractivity contribution is 0.0473. The Hall–Kier alpha value is -4.37. The maximum atomic E-state index is 12.3. The quantitative estimate of drug-likeness (QED) is 0.289. The Bertz CT molecular complexity index is 1250. The summed E-state index contributed by atoms with van der Waals surface area (Å²) in [6.07, 6.45) is 1.38. The van der Waals surface area contributed by atoms with E-state index < -0.39 is 5.97 Å². The van der Waals surface area contributed by atoms with E-state index in [9.17, 15) is 4.79 Å². The minimum Gasteiger partial charge on any atom is -0.457 e. The molecule has 0 spiro atoms. The number of carbonyl (C=O) groups is 1. The molecule has 0 atom stereocenters. The average Bonchev–Trinajstić information content (AvgIpc) is 2.85. The molecule has 4 aromatic rings. The van der Waals surface area contributed by atoms with Crippen LogP contribution >= 0.6 is 12.2 Å². The van der Waals surface area contributed by atoms with E-state index in [0.29, 0.717) is 28.0 Å². The van der Waals surface area contributed by atoms with Crippen molar-refractivity contribution >= 4 is 40.6 Å². The molecule has 0 amide bonds. The molecule has 9 heteroatoms. The van der Waals surface area contributed by atoms with E-state index in [1.165, 1.54) is 6.20 Å². The third-order valence-corrected chi connectivity index (χ3v) is 4.83. The molecule has 0 aliphatic heterocycles. The van der Waals surface area contributed by atoms with Crippen molar-refractivity contribution in [2.24, 2.45) is 0 Å². The maximum absolute atomic E-state index is 12.3. The van der Waals surface area contributed by atoms with Crippen molar-refractivity contribution in [2.75, 3.05) is 16.4 Å². The minimum absolute atomic E-state index is 0.0561. The number of para-hydroxylation sites is 1. The van der Waals surface area contributed by atoms with Crippen molar-refractivity contribution in [1.82, 2.24) is 15.2 Å². The Morgan fingerprint density at radius 1 is 0.909 bits per heavy atom. The summed E-state index contributed by atoms with van der Waals surface area (Å²) in [5.74, 6) is 0.347. The molecule has 164 valence electrons. The predicted octanol–water partition coefficient (Wildman–Crippen LogP) is 4.29. The number of nitrogens with two attached hydrogens (primary N) is 1. The van der Waals surface area contributed by atoms with Crippen molar-refractivity contribution in [3.63, 3.8) is 0 Å². The first-order valence-electron chi connectivity index (χ1n) is 10.0. The number of hydrogen-bond donors (Lipinski definition) is 3. The first-order chi connectivity index (χ1) is 16.1. The van der Waals surface area contributed by atoms with Gasteiger partial charge in [0.1, 0.15) is 12.4 Å². The Morgan fingerprint density at radius 2 is 1.70 bits per heavy atom. The van der Waals surface area contributed by atoms with E-state index in [2.05, 4.69) is 25.8 Å². The lowest BCUT2D eigenvalue weighted by atomic mass is 10.1. The van der Waals surface area contributed by atoms with Gasteiger partial charge in [-0.2, -0.15) is 0 Å². The topological polar surface area (TPSA) is 115 Å². The number of carbonyl (C=O) groups excluding carboxylic acids is 1. The van der Waals surface area contributed by atoms with Gasteiger partial charge in [0, 0.05) is 23.0 Å². The van der Waals surface area contributed by atoms with Gasteiger partial charge in [0.15, 0.2) is 10.9 Å². The number of anilines is 3. The monoisotopic (exact) mass is 456 g/mol. The van der Waals surface area contributed by atoms with Crippen LogP contribution in [0.4, 0.5) is 17.3 Å². The van der Waals surface area contributed by atoms with Gasteiger partial charge in [0.25, 0.3) is 0 Å². The molecule has 0 saturated carbocycles. The zero-order valence-corrected chi connectivity index (χ0v) is 18.3. The molecular formula is C24H20N6O2S. The molecule has 0 saturated heterocycles. The molecule has 2 aromatic heterocycles. The number of pyridine rings is 1. The van der Waals surface area contributed by atoms with E-state index in [4.69, 9.17) is 22.7 Å². The highest BCUT2D eigenvalue weighted by Gasteiger charge is 2.11. The number of nitrogens with zero attached hydrogens (tertiary/aromatic N) is 3. The van der Waals surface area contributed by atoms with Crippen LogP contribution in [0.15, 0.2) is 85.1 Å². The number of nitrogen functional groups attached to an aromatic ring is 1. The summed E-state index contributed by atoms with van der Waals surface area (Å²) >= 11 is 5.41. The zero-order chi connectivity index (χ0) is 23.0. The summed E-state index contributed by atoms with van der Waals surface area (Å²) in [5, 5.41) is 14.9. The molecule has 33 heavy (non-hydrogen) atoms. The molecular weight excluding hydrogens is 436 g/mol. The second-order valence-corrected chi connectivity index (χ2v) is 7.36. The third kappa shape index (κ3) is 5.86.